The van der Waals surface area contributed by atoms with Gasteiger partial charge in [-0.3, -0.25) is 10.1 Å². The average Bonchev–Trinajstić information content (AvgIpc) is 2.16. The first kappa shape index (κ1) is 10.4. The van der Waals surface area contributed by atoms with Crippen molar-refractivity contribution >= 4 is 5.69 Å². The second kappa shape index (κ2) is 4.03. The zero-order chi connectivity index (χ0) is 10.7. The molecule has 0 fully saturated rings. The van der Waals surface area contributed by atoms with Crippen LogP contribution in [0.2, 0.25) is 0 Å². The molecule has 0 spiro atoms. The lowest BCUT2D eigenvalue weighted by molar-refractivity contribution is -0.385. The van der Waals surface area contributed by atoms with E-state index in [0.717, 1.165) is 0 Å². The van der Waals surface area contributed by atoms with E-state index < -0.39 is 16.7 Å². The molecule has 5 N–H and O–H groups in total. The van der Waals surface area contributed by atoms with Crippen molar-refractivity contribution in [2.24, 2.45) is 11.5 Å². The summed E-state index contributed by atoms with van der Waals surface area (Å²) in [6, 6.07) is 3.60. The first-order chi connectivity index (χ1) is 6.57. The van der Waals surface area contributed by atoms with Gasteiger partial charge in [-0.25, -0.2) is 0 Å². The van der Waals surface area contributed by atoms with Gasteiger partial charge in [0.2, 0.25) is 0 Å². The van der Waals surface area contributed by atoms with Crippen LogP contribution in [-0.2, 0) is 0 Å². The maximum atomic E-state index is 10.5. The SMILES string of the molecule is NCC(N)c1cccc([N+](=O)[O-])c1O. The fourth-order valence-corrected chi connectivity index (χ4v) is 1.12. The molecule has 1 atom stereocenters. The second-order valence-electron chi connectivity index (χ2n) is 2.81. The molecule has 1 aromatic carbocycles. The highest BCUT2D eigenvalue weighted by Gasteiger charge is 2.19. The van der Waals surface area contributed by atoms with Gasteiger partial charge < -0.3 is 16.6 Å². The Morgan fingerprint density at radius 2 is 2.21 bits per heavy atom. The third-order valence-electron chi connectivity index (χ3n) is 1.90. The molecular weight excluding hydrogens is 186 g/mol. The van der Waals surface area contributed by atoms with E-state index in [0.29, 0.717) is 5.56 Å². The number of benzene rings is 1. The summed E-state index contributed by atoms with van der Waals surface area (Å²) in [6.07, 6.45) is 0. The fourth-order valence-electron chi connectivity index (χ4n) is 1.12. The molecule has 0 amide bonds. The molecule has 0 saturated heterocycles. The average molecular weight is 197 g/mol. The normalized spacial score (nSPS) is 12.4. The van der Waals surface area contributed by atoms with Crippen molar-refractivity contribution in [1.82, 2.24) is 0 Å². The van der Waals surface area contributed by atoms with Crippen molar-refractivity contribution in [3.8, 4) is 5.75 Å². The molecule has 0 radical (unpaired) electrons. The topological polar surface area (TPSA) is 115 Å². The van der Waals surface area contributed by atoms with E-state index in [1.807, 2.05) is 0 Å². The zero-order valence-corrected chi connectivity index (χ0v) is 7.38. The number of nitro benzene ring substituents is 1. The van der Waals surface area contributed by atoms with Crippen molar-refractivity contribution < 1.29 is 10.0 Å². The van der Waals surface area contributed by atoms with E-state index in [1.165, 1.54) is 18.2 Å². The summed E-state index contributed by atoms with van der Waals surface area (Å²) in [5.41, 5.74) is 10.8. The molecular formula is C8H11N3O3. The second-order valence-corrected chi connectivity index (χ2v) is 2.81. The maximum absolute atomic E-state index is 10.5. The van der Waals surface area contributed by atoms with Gasteiger partial charge >= 0.3 is 5.69 Å². The predicted molar refractivity (Wildman–Crippen MR) is 50.7 cm³/mol. The summed E-state index contributed by atoms with van der Waals surface area (Å²) in [6.45, 7) is 0.120. The van der Waals surface area contributed by atoms with Crippen LogP contribution in [0.15, 0.2) is 18.2 Å². The fraction of sp³-hybridized carbons (Fsp3) is 0.250. The summed E-state index contributed by atoms with van der Waals surface area (Å²) in [4.78, 5) is 9.79. The molecule has 0 aliphatic rings. The Kier molecular flexibility index (Phi) is 3.00. The Morgan fingerprint density at radius 1 is 1.57 bits per heavy atom. The maximum Gasteiger partial charge on any atom is 0.311 e. The van der Waals surface area contributed by atoms with Crippen molar-refractivity contribution in [2.75, 3.05) is 6.54 Å². The predicted octanol–water partition coefficient (Wildman–Crippen LogP) is 0.259. The number of rotatable bonds is 3. The van der Waals surface area contributed by atoms with Gasteiger partial charge in [0.15, 0.2) is 5.75 Å². The zero-order valence-electron chi connectivity index (χ0n) is 7.38. The first-order valence-electron chi connectivity index (χ1n) is 3.99. The number of phenols is 1. The van der Waals surface area contributed by atoms with Crippen LogP contribution in [0.3, 0.4) is 0 Å². The van der Waals surface area contributed by atoms with Gasteiger partial charge in [-0.05, 0) is 0 Å². The van der Waals surface area contributed by atoms with Crippen LogP contribution in [0.1, 0.15) is 11.6 Å². The van der Waals surface area contributed by atoms with Crippen LogP contribution in [0, 0.1) is 10.1 Å². The monoisotopic (exact) mass is 197 g/mol. The van der Waals surface area contributed by atoms with Gasteiger partial charge in [0.05, 0.1) is 4.92 Å². The highest BCUT2D eigenvalue weighted by atomic mass is 16.6. The molecule has 0 aliphatic carbocycles. The number of nitrogens with zero attached hydrogens (tertiary/aromatic N) is 1. The minimum absolute atomic E-state index is 0.120. The summed E-state index contributed by atoms with van der Waals surface area (Å²) in [5.74, 6) is -0.407. The number of hydrogen-bond donors (Lipinski definition) is 3. The lowest BCUT2D eigenvalue weighted by Crippen LogP contribution is -2.20. The van der Waals surface area contributed by atoms with E-state index in [2.05, 4.69) is 0 Å². The Labute approximate surface area is 80.3 Å². The van der Waals surface area contributed by atoms with Gasteiger partial charge in [-0.2, -0.15) is 0 Å². The first-order valence-corrected chi connectivity index (χ1v) is 3.99. The van der Waals surface area contributed by atoms with E-state index in [1.54, 1.807) is 0 Å². The van der Waals surface area contributed by atoms with E-state index in [9.17, 15) is 15.2 Å². The largest absolute Gasteiger partial charge is 0.502 e. The molecule has 1 rings (SSSR count). The minimum Gasteiger partial charge on any atom is -0.502 e. The number of nitro groups is 1. The highest BCUT2D eigenvalue weighted by Crippen LogP contribution is 2.31. The van der Waals surface area contributed by atoms with Crippen LogP contribution >= 0.6 is 0 Å². The van der Waals surface area contributed by atoms with Gasteiger partial charge in [0.25, 0.3) is 0 Å². The number of nitrogens with two attached hydrogens (primary N) is 2. The Morgan fingerprint density at radius 3 is 2.71 bits per heavy atom. The lowest BCUT2D eigenvalue weighted by Gasteiger charge is -2.10. The summed E-state index contributed by atoms with van der Waals surface area (Å²) in [5, 5.41) is 19.9. The molecule has 6 nitrogen and oxygen atoms in total. The molecule has 76 valence electrons. The summed E-state index contributed by atoms with van der Waals surface area (Å²) >= 11 is 0. The van der Waals surface area contributed by atoms with Crippen molar-refractivity contribution in [3.05, 3.63) is 33.9 Å². The molecule has 0 aliphatic heterocycles. The lowest BCUT2D eigenvalue weighted by atomic mass is 10.1. The van der Waals surface area contributed by atoms with Crippen molar-refractivity contribution in [2.45, 2.75) is 6.04 Å². The third-order valence-corrected chi connectivity index (χ3v) is 1.90. The third kappa shape index (κ3) is 1.81. The van der Waals surface area contributed by atoms with Crippen molar-refractivity contribution in [1.29, 1.82) is 0 Å². The number of hydrogen-bond acceptors (Lipinski definition) is 5. The standard InChI is InChI=1S/C8H11N3O3/c9-4-6(10)5-2-1-3-7(8(5)12)11(13)14/h1-3,6,12H,4,9-10H2. The van der Waals surface area contributed by atoms with Crippen LogP contribution in [0.4, 0.5) is 5.69 Å². The Hall–Kier alpha value is -1.66. The van der Waals surface area contributed by atoms with Gasteiger partial charge in [-0.15, -0.1) is 0 Å². The number of aromatic hydroxyl groups is 1. The summed E-state index contributed by atoms with van der Waals surface area (Å²) in [7, 11) is 0. The quantitative estimate of drug-likeness (QED) is 0.474. The molecule has 14 heavy (non-hydrogen) atoms. The molecule has 6 heteroatoms. The Bertz CT molecular complexity index is 354. The minimum atomic E-state index is -0.665. The molecule has 1 aromatic rings. The van der Waals surface area contributed by atoms with E-state index in [-0.39, 0.29) is 12.2 Å². The molecule has 0 aromatic heterocycles. The van der Waals surface area contributed by atoms with E-state index in [4.69, 9.17) is 11.5 Å². The van der Waals surface area contributed by atoms with Gasteiger partial charge in [0, 0.05) is 24.2 Å². The number of para-hydroxylation sites is 1. The number of phenolic OH excluding ortho intramolecular Hbond substituents is 1. The van der Waals surface area contributed by atoms with Crippen LogP contribution in [0.5, 0.6) is 5.75 Å². The van der Waals surface area contributed by atoms with Crippen LogP contribution in [0.25, 0.3) is 0 Å². The molecule has 0 saturated carbocycles. The van der Waals surface area contributed by atoms with Gasteiger partial charge in [-0.1, -0.05) is 12.1 Å². The van der Waals surface area contributed by atoms with Crippen LogP contribution in [-0.4, -0.2) is 16.6 Å². The summed E-state index contributed by atoms with van der Waals surface area (Å²) < 4.78 is 0. The molecule has 0 bridgehead atoms. The smallest absolute Gasteiger partial charge is 0.311 e. The molecule has 0 heterocycles. The van der Waals surface area contributed by atoms with Crippen LogP contribution < -0.4 is 11.5 Å². The van der Waals surface area contributed by atoms with Gasteiger partial charge in [0.1, 0.15) is 0 Å². The molecule has 1 unspecified atom stereocenters. The van der Waals surface area contributed by atoms with E-state index >= 15 is 0 Å². The van der Waals surface area contributed by atoms with Crippen molar-refractivity contribution in [3.63, 3.8) is 0 Å². The highest BCUT2D eigenvalue weighted by molar-refractivity contribution is 5.51. The Balaban J connectivity index is 3.20.